The van der Waals surface area contributed by atoms with Gasteiger partial charge in [-0.2, -0.15) is 0 Å². The summed E-state index contributed by atoms with van der Waals surface area (Å²) in [7, 11) is 0. The lowest BCUT2D eigenvalue weighted by molar-refractivity contribution is 0.0943. The molecule has 0 spiro atoms. The number of nitrogens with one attached hydrogen (secondary N) is 1. The van der Waals surface area contributed by atoms with Gasteiger partial charge in [0.15, 0.2) is 0 Å². The maximum atomic E-state index is 11.6. The van der Waals surface area contributed by atoms with Crippen molar-refractivity contribution in [2.45, 2.75) is 25.2 Å². The first-order valence-corrected chi connectivity index (χ1v) is 5.71. The topological polar surface area (TPSA) is 29.1 Å². The summed E-state index contributed by atoms with van der Waals surface area (Å²) in [6, 6.07) is 7.78. The predicted molar refractivity (Wildman–Crippen MR) is 61.7 cm³/mol. The molecule has 0 heterocycles. The fraction of sp³-hybridized carbons (Fsp3) is 0.364. The minimum Gasteiger partial charge on any atom is -0.350 e. The molecule has 0 aliphatic heterocycles. The van der Waals surface area contributed by atoms with Gasteiger partial charge in [0, 0.05) is 16.9 Å². The minimum absolute atomic E-state index is 0.0113. The number of halogens is 1. The summed E-state index contributed by atoms with van der Waals surface area (Å²) in [6.07, 6.45) is 0. The van der Waals surface area contributed by atoms with E-state index in [0.717, 1.165) is 16.5 Å². The largest absolute Gasteiger partial charge is 0.350 e. The number of hydrogen-bond donors (Lipinski definition) is 1. The Morgan fingerprint density at radius 1 is 1.50 bits per heavy atom. The number of carbonyl (C=O) groups is 1. The highest BCUT2D eigenvalue weighted by molar-refractivity contribution is 9.08. The number of alkyl halides is 1. The Morgan fingerprint density at radius 2 is 2.21 bits per heavy atom. The van der Waals surface area contributed by atoms with Crippen LogP contribution in [0, 0.1) is 0 Å². The normalized spacial score (nSPS) is 10.3. The van der Waals surface area contributed by atoms with Crippen molar-refractivity contribution in [2.75, 3.05) is 0 Å². The second-order valence-electron chi connectivity index (χ2n) is 3.46. The lowest BCUT2D eigenvalue weighted by atomic mass is 10.1. The van der Waals surface area contributed by atoms with Gasteiger partial charge in [0.2, 0.25) is 0 Å². The van der Waals surface area contributed by atoms with Gasteiger partial charge in [-0.3, -0.25) is 4.79 Å². The van der Waals surface area contributed by atoms with Crippen molar-refractivity contribution in [3.63, 3.8) is 0 Å². The third kappa shape index (κ3) is 3.14. The molecule has 0 saturated carbocycles. The average molecular weight is 256 g/mol. The van der Waals surface area contributed by atoms with Crippen molar-refractivity contribution < 1.29 is 4.79 Å². The molecule has 0 aliphatic rings. The van der Waals surface area contributed by atoms with Crippen LogP contribution in [0.25, 0.3) is 0 Å². The summed E-state index contributed by atoms with van der Waals surface area (Å²) >= 11 is 3.36. The van der Waals surface area contributed by atoms with Gasteiger partial charge < -0.3 is 5.32 Å². The summed E-state index contributed by atoms with van der Waals surface area (Å²) in [5, 5.41) is 3.63. The molecular weight excluding hydrogens is 242 g/mol. The Morgan fingerprint density at radius 3 is 2.79 bits per heavy atom. The quantitative estimate of drug-likeness (QED) is 0.828. The molecule has 76 valence electrons. The average Bonchev–Trinajstić information content (AvgIpc) is 2.17. The highest BCUT2D eigenvalue weighted by Gasteiger charge is 2.06. The molecule has 0 unspecified atom stereocenters. The van der Waals surface area contributed by atoms with Crippen LogP contribution in [0.4, 0.5) is 0 Å². The van der Waals surface area contributed by atoms with Gasteiger partial charge in [-0.1, -0.05) is 28.1 Å². The summed E-state index contributed by atoms with van der Waals surface area (Å²) in [5.41, 5.74) is 1.83. The molecule has 1 amide bonds. The molecule has 1 aromatic carbocycles. The van der Waals surface area contributed by atoms with Crippen molar-refractivity contribution in [2.24, 2.45) is 0 Å². The Balaban J connectivity index is 2.79. The zero-order chi connectivity index (χ0) is 10.6. The van der Waals surface area contributed by atoms with Gasteiger partial charge in [0.05, 0.1) is 0 Å². The van der Waals surface area contributed by atoms with Crippen LogP contribution in [0.3, 0.4) is 0 Å². The van der Waals surface area contributed by atoms with Crippen molar-refractivity contribution in [1.82, 2.24) is 5.32 Å². The Hall–Kier alpha value is -0.830. The van der Waals surface area contributed by atoms with Crippen molar-refractivity contribution >= 4 is 21.8 Å². The van der Waals surface area contributed by atoms with E-state index in [-0.39, 0.29) is 11.9 Å². The van der Waals surface area contributed by atoms with Gasteiger partial charge in [-0.05, 0) is 31.5 Å². The maximum Gasteiger partial charge on any atom is 0.251 e. The van der Waals surface area contributed by atoms with Gasteiger partial charge in [-0.15, -0.1) is 0 Å². The molecule has 0 radical (unpaired) electrons. The summed E-state index contributed by atoms with van der Waals surface area (Å²) in [4.78, 5) is 11.6. The summed E-state index contributed by atoms with van der Waals surface area (Å²) in [5.74, 6) is -0.0113. The van der Waals surface area contributed by atoms with E-state index in [1.165, 1.54) is 0 Å². The van der Waals surface area contributed by atoms with E-state index in [1.54, 1.807) is 0 Å². The molecular formula is C11H14BrNO. The van der Waals surface area contributed by atoms with Gasteiger partial charge >= 0.3 is 0 Å². The standard InChI is InChI=1S/C11H14BrNO/c1-8(2)13-11(14)10-5-3-4-9(6-10)7-12/h3-6,8H,7H2,1-2H3,(H,13,14). The maximum absolute atomic E-state index is 11.6. The van der Waals surface area contributed by atoms with Crippen LogP contribution in [0.15, 0.2) is 24.3 Å². The van der Waals surface area contributed by atoms with Crippen LogP contribution < -0.4 is 5.32 Å². The molecule has 3 heteroatoms. The molecule has 1 aromatic rings. The second-order valence-corrected chi connectivity index (χ2v) is 4.02. The molecule has 0 atom stereocenters. The molecule has 1 N–H and O–H groups in total. The van der Waals surface area contributed by atoms with Crippen LogP contribution in [0.5, 0.6) is 0 Å². The summed E-state index contributed by atoms with van der Waals surface area (Å²) < 4.78 is 0. The molecule has 0 bridgehead atoms. The first-order chi connectivity index (χ1) is 6.63. The van der Waals surface area contributed by atoms with E-state index in [9.17, 15) is 4.79 Å². The molecule has 0 aliphatic carbocycles. The van der Waals surface area contributed by atoms with Crippen LogP contribution in [-0.2, 0) is 5.33 Å². The third-order valence-corrected chi connectivity index (χ3v) is 2.41. The Labute approximate surface area is 92.8 Å². The molecule has 0 saturated heterocycles. The highest BCUT2D eigenvalue weighted by Crippen LogP contribution is 2.08. The van der Waals surface area contributed by atoms with Crippen molar-refractivity contribution in [1.29, 1.82) is 0 Å². The van der Waals surface area contributed by atoms with Crippen LogP contribution in [-0.4, -0.2) is 11.9 Å². The van der Waals surface area contributed by atoms with Gasteiger partial charge in [0.25, 0.3) is 5.91 Å². The lowest BCUT2D eigenvalue weighted by Crippen LogP contribution is -2.30. The number of rotatable bonds is 3. The predicted octanol–water partition coefficient (Wildman–Crippen LogP) is 2.72. The monoisotopic (exact) mass is 255 g/mol. The van der Waals surface area contributed by atoms with E-state index in [1.807, 2.05) is 38.1 Å². The van der Waals surface area contributed by atoms with E-state index in [2.05, 4.69) is 21.2 Å². The molecule has 2 nitrogen and oxygen atoms in total. The zero-order valence-corrected chi connectivity index (χ0v) is 9.97. The first-order valence-electron chi connectivity index (χ1n) is 4.59. The summed E-state index contributed by atoms with van der Waals surface area (Å²) in [6.45, 7) is 3.90. The number of hydrogen-bond acceptors (Lipinski definition) is 1. The van der Waals surface area contributed by atoms with Crippen molar-refractivity contribution in [3.05, 3.63) is 35.4 Å². The van der Waals surface area contributed by atoms with Gasteiger partial charge in [-0.25, -0.2) is 0 Å². The zero-order valence-electron chi connectivity index (χ0n) is 8.38. The van der Waals surface area contributed by atoms with Crippen LogP contribution in [0.1, 0.15) is 29.8 Å². The van der Waals surface area contributed by atoms with E-state index < -0.39 is 0 Å². The van der Waals surface area contributed by atoms with Crippen LogP contribution in [0.2, 0.25) is 0 Å². The SMILES string of the molecule is CC(C)NC(=O)c1cccc(CBr)c1. The van der Waals surface area contributed by atoms with Crippen molar-refractivity contribution in [3.8, 4) is 0 Å². The molecule has 0 aromatic heterocycles. The van der Waals surface area contributed by atoms with E-state index >= 15 is 0 Å². The van der Waals surface area contributed by atoms with E-state index in [4.69, 9.17) is 0 Å². The van der Waals surface area contributed by atoms with E-state index in [0.29, 0.717) is 0 Å². The lowest BCUT2D eigenvalue weighted by Gasteiger charge is -2.08. The number of carbonyl (C=O) groups excluding carboxylic acids is 1. The second kappa shape index (κ2) is 5.15. The molecule has 1 rings (SSSR count). The third-order valence-electron chi connectivity index (χ3n) is 1.76. The smallest absolute Gasteiger partial charge is 0.251 e. The number of amides is 1. The van der Waals surface area contributed by atoms with Gasteiger partial charge in [0.1, 0.15) is 0 Å². The highest BCUT2D eigenvalue weighted by atomic mass is 79.9. The first kappa shape index (κ1) is 11.2. The Kier molecular flexibility index (Phi) is 4.14. The minimum atomic E-state index is -0.0113. The Bertz CT molecular complexity index is 323. The van der Waals surface area contributed by atoms with Crippen LogP contribution >= 0.6 is 15.9 Å². The molecule has 0 fully saturated rings. The number of benzene rings is 1. The molecule has 14 heavy (non-hydrogen) atoms. The fourth-order valence-corrected chi connectivity index (χ4v) is 1.49. The fourth-order valence-electron chi connectivity index (χ4n) is 1.14.